The van der Waals surface area contributed by atoms with Crippen LogP contribution in [0.1, 0.15) is 23.3 Å². The maximum Gasteiger partial charge on any atom is 0.323 e. The topological polar surface area (TPSA) is 109 Å². The number of nitrogens with two attached hydrogens (primary N) is 1. The van der Waals surface area contributed by atoms with Gasteiger partial charge in [-0.3, -0.25) is 9.59 Å². The number of carboxylic acid groups (broad SMARTS) is 1. The molecule has 1 aromatic rings. The Kier molecular flexibility index (Phi) is 3.40. The fourth-order valence-corrected chi connectivity index (χ4v) is 1.64. The zero-order chi connectivity index (χ0) is 13.1. The molecule has 7 heteroatoms. The van der Waals surface area contributed by atoms with Gasteiger partial charge in [0.05, 0.1) is 0 Å². The summed E-state index contributed by atoms with van der Waals surface area (Å²) < 4.78 is 0. The summed E-state index contributed by atoms with van der Waals surface area (Å²) in [5, 5.41) is 16.4. The van der Waals surface area contributed by atoms with Crippen molar-refractivity contribution in [2.75, 3.05) is 18.0 Å². The molecule has 1 aliphatic rings. The van der Waals surface area contributed by atoms with Gasteiger partial charge in [-0.25, -0.2) is 0 Å². The first-order valence-corrected chi connectivity index (χ1v) is 5.66. The smallest absolute Gasteiger partial charge is 0.323 e. The number of primary amides is 1. The molecular formula is C11H14N4O3. The molecule has 2 rings (SSSR count). The van der Waals surface area contributed by atoms with Crippen molar-refractivity contribution >= 4 is 17.7 Å². The molecule has 18 heavy (non-hydrogen) atoms. The Morgan fingerprint density at radius 1 is 1.39 bits per heavy atom. The summed E-state index contributed by atoms with van der Waals surface area (Å²) in [5.41, 5.74) is 5.13. The van der Waals surface area contributed by atoms with Gasteiger partial charge in [0.1, 0.15) is 6.54 Å². The number of amides is 1. The van der Waals surface area contributed by atoms with Crippen molar-refractivity contribution in [1.82, 2.24) is 10.2 Å². The monoisotopic (exact) mass is 250 g/mol. The van der Waals surface area contributed by atoms with E-state index < -0.39 is 11.9 Å². The summed E-state index contributed by atoms with van der Waals surface area (Å²) >= 11 is 0. The van der Waals surface area contributed by atoms with E-state index in [0.29, 0.717) is 18.3 Å². The molecule has 1 saturated carbocycles. The zero-order valence-electron chi connectivity index (χ0n) is 9.74. The molecular weight excluding hydrogens is 236 g/mol. The van der Waals surface area contributed by atoms with Gasteiger partial charge in [0, 0.05) is 6.54 Å². The molecule has 1 fully saturated rings. The number of aromatic nitrogens is 2. The number of carboxylic acids is 1. The molecule has 0 aromatic carbocycles. The third kappa shape index (κ3) is 3.16. The van der Waals surface area contributed by atoms with Crippen LogP contribution in [0.25, 0.3) is 0 Å². The van der Waals surface area contributed by atoms with Gasteiger partial charge in [0.15, 0.2) is 11.5 Å². The van der Waals surface area contributed by atoms with Gasteiger partial charge in [0.25, 0.3) is 5.91 Å². The quantitative estimate of drug-likeness (QED) is 0.728. The van der Waals surface area contributed by atoms with Crippen LogP contribution < -0.4 is 10.6 Å². The highest BCUT2D eigenvalue weighted by Crippen LogP contribution is 2.30. The lowest BCUT2D eigenvalue weighted by atomic mass is 10.3. The Hall–Kier alpha value is -2.18. The van der Waals surface area contributed by atoms with E-state index >= 15 is 0 Å². The Labute approximate surface area is 104 Å². The van der Waals surface area contributed by atoms with Crippen LogP contribution in [0.5, 0.6) is 0 Å². The number of carbonyl (C=O) groups is 2. The van der Waals surface area contributed by atoms with Gasteiger partial charge in [-0.2, -0.15) is 0 Å². The Balaban J connectivity index is 2.12. The molecule has 0 saturated heterocycles. The molecule has 3 N–H and O–H groups in total. The van der Waals surface area contributed by atoms with Crippen LogP contribution in [0.3, 0.4) is 0 Å². The van der Waals surface area contributed by atoms with Crippen molar-refractivity contribution in [2.24, 2.45) is 11.7 Å². The highest BCUT2D eigenvalue weighted by atomic mass is 16.4. The van der Waals surface area contributed by atoms with Crippen molar-refractivity contribution in [2.45, 2.75) is 12.8 Å². The molecule has 1 aliphatic carbocycles. The molecule has 0 atom stereocenters. The lowest BCUT2D eigenvalue weighted by Gasteiger charge is -2.20. The molecule has 7 nitrogen and oxygen atoms in total. The van der Waals surface area contributed by atoms with Crippen LogP contribution in [0, 0.1) is 5.92 Å². The van der Waals surface area contributed by atoms with E-state index in [2.05, 4.69) is 10.2 Å². The summed E-state index contributed by atoms with van der Waals surface area (Å²) in [4.78, 5) is 23.3. The number of aliphatic carboxylic acids is 1. The number of hydrogen-bond acceptors (Lipinski definition) is 5. The van der Waals surface area contributed by atoms with E-state index in [1.165, 1.54) is 6.07 Å². The lowest BCUT2D eigenvalue weighted by molar-refractivity contribution is -0.135. The second-order valence-electron chi connectivity index (χ2n) is 4.36. The average Bonchev–Trinajstić information content (AvgIpc) is 3.12. The lowest BCUT2D eigenvalue weighted by Crippen LogP contribution is -2.32. The molecule has 0 bridgehead atoms. The molecule has 1 aromatic heterocycles. The van der Waals surface area contributed by atoms with Gasteiger partial charge in [-0.05, 0) is 30.9 Å². The van der Waals surface area contributed by atoms with Crippen molar-refractivity contribution in [3.05, 3.63) is 17.8 Å². The van der Waals surface area contributed by atoms with Crippen LogP contribution in [-0.4, -0.2) is 40.3 Å². The van der Waals surface area contributed by atoms with E-state index in [-0.39, 0.29) is 12.2 Å². The first-order chi connectivity index (χ1) is 8.56. The second kappa shape index (κ2) is 4.99. The predicted octanol–water partition coefficient (Wildman–Crippen LogP) is -0.124. The number of nitrogens with zero attached hydrogens (tertiary/aromatic N) is 3. The SMILES string of the molecule is NC(=O)c1ccc(N(CC(=O)O)CC2CC2)nn1. The maximum absolute atomic E-state index is 10.9. The summed E-state index contributed by atoms with van der Waals surface area (Å²) in [7, 11) is 0. The van der Waals surface area contributed by atoms with E-state index in [1.54, 1.807) is 11.0 Å². The first kappa shape index (κ1) is 12.3. The standard InChI is InChI=1S/C11H14N4O3/c12-11(18)8-3-4-9(14-13-8)15(6-10(16)17)5-7-1-2-7/h3-4,7H,1-2,5-6H2,(H2,12,18)(H,16,17). The molecule has 0 unspecified atom stereocenters. The Bertz CT molecular complexity index is 456. The van der Waals surface area contributed by atoms with Crippen LogP contribution in [0.15, 0.2) is 12.1 Å². The molecule has 1 heterocycles. The summed E-state index contributed by atoms with van der Waals surface area (Å²) in [6, 6.07) is 3.02. The minimum atomic E-state index is -0.920. The Morgan fingerprint density at radius 3 is 2.56 bits per heavy atom. The molecule has 1 amide bonds. The number of anilines is 1. The molecule has 0 radical (unpaired) electrons. The van der Waals surface area contributed by atoms with Gasteiger partial charge < -0.3 is 15.7 Å². The number of hydrogen-bond donors (Lipinski definition) is 2. The average molecular weight is 250 g/mol. The highest BCUT2D eigenvalue weighted by Gasteiger charge is 2.26. The van der Waals surface area contributed by atoms with Crippen molar-refractivity contribution in [1.29, 1.82) is 0 Å². The van der Waals surface area contributed by atoms with Crippen LogP contribution in [0.2, 0.25) is 0 Å². The summed E-state index contributed by atoms with van der Waals surface area (Å²) in [6.45, 7) is 0.526. The third-order valence-electron chi connectivity index (χ3n) is 2.73. The van der Waals surface area contributed by atoms with Gasteiger partial charge in [-0.1, -0.05) is 0 Å². The van der Waals surface area contributed by atoms with E-state index in [0.717, 1.165) is 12.8 Å². The summed E-state index contributed by atoms with van der Waals surface area (Å²) in [6.07, 6.45) is 2.23. The fourth-order valence-electron chi connectivity index (χ4n) is 1.64. The van der Waals surface area contributed by atoms with Crippen LogP contribution >= 0.6 is 0 Å². The second-order valence-corrected chi connectivity index (χ2v) is 4.36. The van der Waals surface area contributed by atoms with E-state index in [1.807, 2.05) is 0 Å². The highest BCUT2D eigenvalue weighted by molar-refractivity contribution is 5.90. The maximum atomic E-state index is 10.9. The van der Waals surface area contributed by atoms with Gasteiger partial charge in [-0.15, -0.1) is 10.2 Å². The minimum absolute atomic E-state index is 0.0699. The normalized spacial score (nSPS) is 14.2. The van der Waals surface area contributed by atoms with Gasteiger partial charge >= 0.3 is 5.97 Å². The minimum Gasteiger partial charge on any atom is -0.480 e. The molecule has 0 aliphatic heterocycles. The number of rotatable bonds is 6. The van der Waals surface area contributed by atoms with E-state index in [4.69, 9.17) is 10.8 Å². The van der Waals surface area contributed by atoms with Crippen LogP contribution in [0.4, 0.5) is 5.82 Å². The zero-order valence-corrected chi connectivity index (χ0v) is 9.74. The van der Waals surface area contributed by atoms with Crippen molar-refractivity contribution in [3.8, 4) is 0 Å². The van der Waals surface area contributed by atoms with Crippen molar-refractivity contribution in [3.63, 3.8) is 0 Å². The number of carbonyl (C=O) groups excluding carboxylic acids is 1. The molecule has 96 valence electrons. The van der Waals surface area contributed by atoms with Crippen LogP contribution in [-0.2, 0) is 4.79 Å². The molecule has 0 spiro atoms. The largest absolute Gasteiger partial charge is 0.480 e. The first-order valence-electron chi connectivity index (χ1n) is 5.66. The third-order valence-corrected chi connectivity index (χ3v) is 2.73. The van der Waals surface area contributed by atoms with E-state index in [9.17, 15) is 9.59 Å². The van der Waals surface area contributed by atoms with Gasteiger partial charge in [0.2, 0.25) is 0 Å². The predicted molar refractivity (Wildman–Crippen MR) is 63.1 cm³/mol. The Morgan fingerprint density at radius 2 is 2.11 bits per heavy atom. The fraction of sp³-hybridized carbons (Fsp3) is 0.455. The summed E-state index contributed by atoms with van der Waals surface area (Å²) in [5.74, 6) is -0.589. The van der Waals surface area contributed by atoms with Crippen molar-refractivity contribution < 1.29 is 14.7 Å².